The van der Waals surface area contributed by atoms with Gasteiger partial charge in [0.1, 0.15) is 5.75 Å². The van der Waals surface area contributed by atoms with Crippen LogP contribution in [0.5, 0.6) is 5.75 Å². The molecule has 2 aliphatic heterocycles. The third kappa shape index (κ3) is 4.57. The van der Waals surface area contributed by atoms with E-state index in [4.69, 9.17) is 14.7 Å². The van der Waals surface area contributed by atoms with Crippen LogP contribution in [0.1, 0.15) is 35.1 Å². The number of aryl methyl sites for hydroxylation is 2. The number of benzene rings is 2. The van der Waals surface area contributed by atoms with Gasteiger partial charge in [0, 0.05) is 13.1 Å². The molecule has 2 N–H and O–H groups in total. The van der Waals surface area contributed by atoms with Gasteiger partial charge in [-0.1, -0.05) is 36.4 Å². The summed E-state index contributed by atoms with van der Waals surface area (Å²) in [5.74, 6) is 0.152. The minimum atomic E-state index is -0.658. The highest BCUT2D eigenvalue weighted by molar-refractivity contribution is 5.80. The molecule has 7 nitrogen and oxygen atoms in total. The maximum Gasteiger partial charge on any atom is 0.410 e. The van der Waals surface area contributed by atoms with Crippen LogP contribution in [0, 0.1) is 0 Å². The summed E-state index contributed by atoms with van der Waals surface area (Å²) in [6.07, 6.45) is 2.73. The van der Waals surface area contributed by atoms with Crippen LogP contribution < -0.4 is 10.2 Å². The predicted octanol–water partition coefficient (Wildman–Crippen LogP) is 3.01. The Bertz CT molecular complexity index is 930. The molecular weight excluding hydrogens is 384 g/mol. The molecule has 2 aromatic carbocycles. The zero-order chi connectivity index (χ0) is 20.9. The van der Waals surface area contributed by atoms with Crippen molar-refractivity contribution < 1.29 is 24.3 Å². The first-order valence-corrected chi connectivity index (χ1v) is 10.3. The Labute approximate surface area is 175 Å². The SMILES string of the molecule is O=C(NO)C1CCc2cc(CCCOC(=O)N3CCc4ccccc4C3)ccc2O1. The average Bonchev–Trinajstić information content (AvgIpc) is 2.80. The molecule has 7 heteroatoms. The topological polar surface area (TPSA) is 88.1 Å². The second kappa shape index (κ2) is 9.17. The van der Waals surface area contributed by atoms with E-state index in [0.29, 0.717) is 38.3 Å². The summed E-state index contributed by atoms with van der Waals surface area (Å²) in [5.41, 5.74) is 6.34. The number of carbonyl (C=O) groups excluding carboxylic acids is 2. The van der Waals surface area contributed by atoms with Crippen molar-refractivity contribution in [2.45, 2.75) is 44.8 Å². The first-order chi connectivity index (χ1) is 14.6. The zero-order valence-corrected chi connectivity index (χ0v) is 16.8. The van der Waals surface area contributed by atoms with Crippen LogP contribution in [-0.2, 0) is 35.3 Å². The Morgan fingerprint density at radius 2 is 1.97 bits per heavy atom. The minimum Gasteiger partial charge on any atom is -0.480 e. The smallest absolute Gasteiger partial charge is 0.410 e. The molecule has 2 amide bonds. The number of hydrogen-bond acceptors (Lipinski definition) is 5. The van der Waals surface area contributed by atoms with Gasteiger partial charge < -0.3 is 14.4 Å². The second-order valence-corrected chi connectivity index (χ2v) is 7.72. The molecule has 2 heterocycles. The molecule has 1 unspecified atom stereocenters. The number of rotatable bonds is 5. The molecule has 0 radical (unpaired) electrons. The van der Waals surface area contributed by atoms with E-state index in [0.717, 1.165) is 30.4 Å². The molecule has 30 heavy (non-hydrogen) atoms. The lowest BCUT2D eigenvalue weighted by Crippen LogP contribution is -2.38. The van der Waals surface area contributed by atoms with E-state index < -0.39 is 12.0 Å². The minimum absolute atomic E-state index is 0.253. The van der Waals surface area contributed by atoms with E-state index in [1.807, 2.05) is 24.3 Å². The van der Waals surface area contributed by atoms with Crippen molar-refractivity contribution in [1.29, 1.82) is 0 Å². The van der Waals surface area contributed by atoms with Gasteiger partial charge >= 0.3 is 6.09 Å². The van der Waals surface area contributed by atoms with Crippen LogP contribution in [0.4, 0.5) is 4.79 Å². The number of nitrogens with zero attached hydrogens (tertiary/aromatic N) is 1. The second-order valence-electron chi connectivity index (χ2n) is 7.72. The van der Waals surface area contributed by atoms with E-state index in [-0.39, 0.29) is 6.09 Å². The Morgan fingerprint density at radius 1 is 1.13 bits per heavy atom. The van der Waals surface area contributed by atoms with Crippen molar-refractivity contribution in [2.24, 2.45) is 0 Å². The Hall–Kier alpha value is -3.06. The molecule has 1 atom stereocenters. The van der Waals surface area contributed by atoms with Crippen LogP contribution >= 0.6 is 0 Å². The van der Waals surface area contributed by atoms with Crippen molar-refractivity contribution in [2.75, 3.05) is 13.2 Å². The van der Waals surface area contributed by atoms with Gasteiger partial charge in [-0.15, -0.1) is 0 Å². The predicted molar refractivity (Wildman–Crippen MR) is 109 cm³/mol. The van der Waals surface area contributed by atoms with E-state index >= 15 is 0 Å². The summed E-state index contributed by atoms with van der Waals surface area (Å²) in [6, 6.07) is 14.1. The van der Waals surface area contributed by atoms with Crippen molar-refractivity contribution in [3.8, 4) is 5.75 Å². The number of carbonyl (C=O) groups is 2. The van der Waals surface area contributed by atoms with Gasteiger partial charge in [-0.05, 0) is 60.4 Å². The Balaban J connectivity index is 1.23. The summed E-state index contributed by atoms with van der Waals surface area (Å²) >= 11 is 0. The van der Waals surface area contributed by atoms with E-state index in [2.05, 4.69) is 18.2 Å². The number of amides is 2. The highest BCUT2D eigenvalue weighted by Gasteiger charge is 2.26. The van der Waals surface area contributed by atoms with E-state index in [1.54, 1.807) is 10.4 Å². The molecular formula is C23H26N2O5. The van der Waals surface area contributed by atoms with E-state index in [9.17, 15) is 9.59 Å². The quantitative estimate of drug-likeness (QED) is 0.449. The van der Waals surface area contributed by atoms with Gasteiger partial charge in [0.05, 0.1) is 6.61 Å². The zero-order valence-electron chi connectivity index (χ0n) is 16.8. The van der Waals surface area contributed by atoms with Crippen LogP contribution in [0.15, 0.2) is 42.5 Å². The molecule has 0 saturated heterocycles. The fourth-order valence-electron chi connectivity index (χ4n) is 4.03. The lowest BCUT2D eigenvalue weighted by molar-refractivity contribution is -0.137. The lowest BCUT2D eigenvalue weighted by atomic mass is 9.98. The molecule has 2 aromatic rings. The first-order valence-electron chi connectivity index (χ1n) is 10.3. The van der Waals surface area contributed by atoms with Gasteiger partial charge in [-0.2, -0.15) is 0 Å². The van der Waals surface area contributed by atoms with Crippen LogP contribution in [0.2, 0.25) is 0 Å². The molecule has 0 fully saturated rings. The van der Waals surface area contributed by atoms with Crippen molar-refractivity contribution >= 4 is 12.0 Å². The summed E-state index contributed by atoms with van der Waals surface area (Å²) < 4.78 is 11.1. The standard InChI is InChI=1S/C23H26N2O5/c26-22(24-28)21-10-8-18-14-16(7-9-20(18)30-21)4-3-13-29-23(27)25-12-11-17-5-1-2-6-19(17)15-25/h1-2,5-7,9,14,21,28H,3-4,8,10-13,15H2,(H,24,26). The lowest BCUT2D eigenvalue weighted by Gasteiger charge is -2.28. The summed E-state index contributed by atoms with van der Waals surface area (Å²) in [7, 11) is 0. The number of fused-ring (bicyclic) bond motifs is 2. The fourth-order valence-corrected chi connectivity index (χ4v) is 4.03. The normalized spacial score (nSPS) is 17.4. The van der Waals surface area contributed by atoms with Crippen molar-refractivity contribution in [3.05, 3.63) is 64.7 Å². The third-order valence-corrected chi connectivity index (χ3v) is 5.70. The number of nitrogens with one attached hydrogen (secondary N) is 1. The molecule has 158 valence electrons. The molecule has 0 saturated carbocycles. The largest absolute Gasteiger partial charge is 0.480 e. The van der Waals surface area contributed by atoms with Gasteiger partial charge in [-0.25, -0.2) is 10.3 Å². The maximum atomic E-state index is 12.4. The summed E-state index contributed by atoms with van der Waals surface area (Å²) in [4.78, 5) is 25.6. The summed E-state index contributed by atoms with van der Waals surface area (Å²) in [6.45, 7) is 1.68. The van der Waals surface area contributed by atoms with Crippen LogP contribution in [0.3, 0.4) is 0 Å². The van der Waals surface area contributed by atoms with Gasteiger partial charge in [0.15, 0.2) is 6.10 Å². The Kier molecular flexibility index (Phi) is 6.18. The maximum absolute atomic E-state index is 12.4. The molecule has 0 aliphatic carbocycles. The van der Waals surface area contributed by atoms with Gasteiger partial charge in [0.25, 0.3) is 5.91 Å². The first kappa shape index (κ1) is 20.2. The number of hydrogen-bond donors (Lipinski definition) is 2. The van der Waals surface area contributed by atoms with Gasteiger partial charge in [-0.3, -0.25) is 10.0 Å². The summed E-state index contributed by atoms with van der Waals surface area (Å²) in [5, 5.41) is 8.75. The number of hydroxylamine groups is 1. The Morgan fingerprint density at radius 3 is 2.80 bits per heavy atom. The van der Waals surface area contributed by atoms with Crippen molar-refractivity contribution in [1.82, 2.24) is 10.4 Å². The van der Waals surface area contributed by atoms with Crippen molar-refractivity contribution in [3.63, 3.8) is 0 Å². The number of ether oxygens (including phenoxy) is 2. The monoisotopic (exact) mass is 410 g/mol. The third-order valence-electron chi connectivity index (χ3n) is 5.70. The average molecular weight is 410 g/mol. The highest BCUT2D eigenvalue weighted by Crippen LogP contribution is 2.29. The highest BCUT2D eigenvalue weighted by atomic mass is 16.6. The molecule has 0 aromatic heterocycles. The van der Waals surface area contributed by atoms with Crippen LogP contribution in [0.25, 0.3) is 0 Å². The van der Waals surface area contributed by atoms with E-state index in [1.165, 1.54) is 11.1 Å². The molecule has 0 spiro atoms. The van der Waals surface area contributed by atoms with Gasteiger partial charge in [0.2, 0.25) is 0 Å². The van der Waals surface area contributed by atoms with Crippen LogP contribution in [-0.4, -0.2) is 41.4 Å². The molecule has 0 bridgehead atoms. The fraction of sp³-hybridized carbons (Fsp3) is 0.391. The molecule has 2 aliphatic rings. The molecule has 4 rings (SSSR count).